The van der Waals surface area contributed by atoms with E-state index in [2.05, 4.69) is 76.9 Å². The molecule has 3 aliphatic heterocycles. The molecule has 20 heavy (non-hydrogen) atoms. The number of hydrogen-bond donors (Lipinski definition) is 0. The molecule has 10 heteroatoms. The van der Waals surface area contributed by atoms with E-state index < -0.39 is 0 Å². The first kappa shape index (κ1) is 16.5. The van der Waals surface area contributed by atoms with E-state index in [1.54, 1.807) is 0 Å². The van der Waals surface area contributed by atoms with Gasteiger partial charge in [0.15, 0.2) is 0 Å². The molecule has 85 valence electrons. The molecule has 0 aliphatic carbocycles. The third kappa shape index (κ3) is 4.08. The van der Waals surface area contributed by atoms with Crippen LogP contribution in [0.1, 0.15) is 25.7 Å². The highest BCUT2D eigenvalue weighted by Gasteiger charge is 2.51. The molecule has 0 nitrogen and oxygen atoms in total. The fourth-order valence-electron chi connectivity index (χ4n) is 3.35. The number of rotatable bonds is 6. The molecule has 0 N–H and O–H groups in total. The average molecular weight is 243 g/mol. The van der Waals surface area contributed by atoms with Crippen LogP contribution >= 0.6 is 0 Å². The van der Waals surface area contributed by atoms with Crippen molar-refractivity contribution in [2.24, 2.45) is 0 Å². The van der Waals surface area contributed by atoms with Gasteiger partial charge in [-0.05, 0) is 12.8 Å². The van der Waals surface area contributed by atoms with Crippen molar-refractivity contribution >= 4 is 70.3 Å². The molecule has 3 fully saturated rings. The van der Waals surface area contributed by atoms with Crippen molar-refractivity contribution in [3.8, 4) is 0 Å². The van der Waals surface area contributed by atoms with Gasteiger partial charge in [0.05, 0.1) is 20.8 Å². The van der Waals surface area contributed by atoms with Gasteiger partial charge in [-0.15, -0.1) is 18.4 Å². The van der Waals surface area contributed by atoms with Gasteiger partial charge in [0.2, 0.25) is 0 Å². The summed E-state index contributed by atoms with van der Waals surface area (Å²) in [7, 11) is 20.0. The molecule has 9 radical (unpaired) electrons. The molecule has 0 aromatic rings. The lowest BCUT2D eigenvalue weighted by molar-refractivity contribution is 0.572. The van der Waals surface area contributed by atoms with Crippen LogP contribution in [0, 0.1) is 0 Å². The molecule has 3 aliphatic rings. The summed E-state index contributed by atoms with van der Waals surface area (Å²) in [6, 6.07) is 0. The van der Waals surface area contributed by atoms with Crippen LogP contribution in [-0.2, 0) is 0 Å². The van der Waals surface area contributed by atoms with Crippen molar-refractivity contribution < 1.29 is 0 Å². The second-order valence-corrected chi connectivity index (χ2v) is 5.67. The lowest BCUT2D eigenvalue weighted by atomic mass is 8.75. The zero-order chi connectivity index (χ0) is 14.3. The monoisotopic (exact) mass is 245 g/mol. The molecular formula is C10H15B10. The van der Waals surface area contributed by atoms with Crippen LogP contribution in [0.2, 0.25) is 11.0 Å². The Bertz CT molecular complexity index is 319. The smallest absolute Gasteiger partial charge is 0.0611 e. The number of fused-ring (bicyclic) bond motifs is 7. The van der Waals surface area contributed by atoms with Gasteiger partial charge in [-0.25, -0.2) is 0 Å². The predicted octanol–water partition coefficient (Wildman–Crippen LogP) is -0.337. The molecule has 0 spiro atoms. The molecule has 2 atom stereocenters. The SMILES string of the molecule is C=CCC[C@@H]1B2[B][B][B][B][B][B][B][B][C@@]1(CCC=C)[B]2. The Morgan fingerprint density at radius 1 is 0.950 bits per heavy atom. The zero-order valence-electron chi connectivity index (χ0n) is 12.2. The Morgan fingerprint density at radius 2 is 1.65 bits per heavy atom. The topological polar surface area (TPSA) is 0 Å². The Kier molecular flexibility index (Phi) is 7.05. The van der Waals surface area contributed by atoms with Crippen LogP contribution in [0.3, 0.4) is 0 Å². The predicted molar refractivity (Wildman–Crippen MR) is 103 cm³/mol. The summed E-state index contributed by atoms with van der Waals surface area (Å²) in [6.45, 7) is 8.34. The lowest BCUT2D eigenvalue weighted by Crippen LogP contribution is -2.62. The average Bonchev–Trinajstić information content (AvgIpc) is 2.51. The van der Waals surface area contributed by atoms with E-state index in [-0.39, 0.29) is 5.21 Å². The van der Waals surface area contributed by atoms with Gasteiger partial charge in [-0.2, -0.15) is 0 Å². The summed E-state index contributed by atoms with van der Waals surface area (Å²) in [5.41, 5.74) is 0. The fraction of sp³-hybridized carbons (Fsp3) is 0.600. The van der Waals surface area contributed by atoms with E-state index in [0.717, 1.165) is 12.8 Å². The molecule has 0 aromatic heterocycles. The highest BCUT2D eigenvalue weighted by molar-refractivity contribution is 7.73. The number of hydrogen-bond acceptors (Lipinski definition) is 0. The van der Waals surface area contributed by atoms with E-state index in [1.165, 1.54) is 12.8 Å². The third-order valence-corrected chi connectivity index (χ3v) is 4.42. The van der Waals surface area contributed by atoms with Crippen molar-refractivity contribution in [1.82, 2.24) is 0 Å². The van der Waals surface area contributed by atoms with E-state index in [1.807, 2.05) is 12.2 Å². The first-order valence-corrected chi connectivity index (χ1v) is 7.59. The lowest BCUT2D eigenvalue weighted by Gasteiger charge is -2.56. The van der Waals surface area contributed by atoms with Gasteiger partial charge in [0.25, 0.3) is 0 Å². The van der Waals surface area contributed by atoms with Crippen molar-refractivity contribution in [2.75, 3.05) is 0 Å². The maximum absolute atomic E-state index is 3.88. The molecule has 3 rings (SSSR count). The van der Waals surface area contributed by atoms with Crippen molar-refractivity contribution in [3.05, 3.63) is 25.3 Å². The first-order valence-electron chi connectivity index (χ1n) is 7.59. The molecular weight excluding hydrogens is 228 g/mol. The highest BCUT2D eigenvalue weighted by Crippen LogP contribution is 2.55. The largest absolute Gasteiger partial charge is 0.104 e. The molecule has 0 unspecified atom stereocenters. The van der Waals surface area contributed by atoms with Gasteiger partial charge < -0.3 is 0 Å². The molecule has 3 heterocycles. The van der Waals surface area contributed by atoms with Crippen LogP contribution < -0.4 is 0 Å². The second-order valence-electron chi connectivity index (χ2n) is 5.67. The third-order valence-electron chi connectivity index (χ3n) is 4.42. The van der Waals surface area contributed by atoms with Crippen LogP contribution in [0.5, 0.6) is 0 Å². The minimum absolute atomic E-state index is 0.237. The standard InChI is InChI=1S/C10H15B10/c1-3-5-7-9-10(8-6-4-2)11-13-14-15-16-17-18-19-20(9)12-10/h3-4,9H,1-2,5-8H2/t9-,10-/m0/s1. The van der Waals surface area contributed by atoms with Crippen LogP contribution in [-0.4, -0.2) is 70.3 Å². The van der Waals surface area contributed by atoms with Crippen LogP contribution in [0.25, 0.3) is 0 Å². The van der Waals surface area contributed by atoms with Gasteiger partial charge >= 0.3 is 0 Å². The summed E-state index contributed by atoms with van der Waals surface area (Å²) in [4.78, 5) is 0. The van der Waals surface area contributed by atoms with Crippen LogP contribution in [0.15, 0.2) is 25.3 Å². The van der Waals surface area contributed by atoms with E-state index in [4.69, 9.17) is 0 Å². The molecule has 2 bridgehead atoms. The summed E-state index contributed by atoms with van der Waals surface area (Å²) in [6.07, 6.45) is 8.62. The fourth-order valence-corrected chi connectivity index (χ4v) is 3.35. The maximum Gasteiger partial charge on any atom is 0.0611 e. The minimum atomic E-state index is 0.237. The van der Waals surface area contributed by atoms with E-state index >= 15 is 0 Å². The zero-order valence-corrected chi connectivity index (χ0v) is 12.2. The van der Waals surface area contributed by atoms with Gasteiger partial charge in [0, 0.05) is 49.4 Å². The number of allylic oxidation sites excluding steroid dienone is 2. The quantitative estimate of drug-likeness (QED) is 0.442. The van der Waals surface area contributed by atoms with Gasteiger partial charge in [0.1, 0.15) is 0 Å². The Balaban J connectivity index is 2.03. The van der Waals surface area contributed by atoms with Crippen molar-refractivity contribution in [2.45, 2.75) is 36.7 Å². The summed E-state index contributed by atoms with van der Waals surface area (Å²) in [5, 5.41) is 0.237. The summed E-state index contributed by atoms with van der Waals surface area (Å²) < 4.78 is 0. The van der Waals surface area contributed by atoms with E-state index in [0.29, 0.717) is 12.3 Å². The minimum Gasteiger partial charge on any atom is -0.104 e. The van der Waals surface area contributed by atoms with Crippen molar-refractivity contribution in [3.63, 3.8) is 0 Å². The molecule has 0 saturated carbocycles. The Hall–Kier alpha value is 0.129. The highest BCUT2D eigenvalue weighted by atomic mass is 14.2. The normalized spacial score (nSPS) is 27.4. The molecule has 0 aromatic carbocycles. The van der Waals surface area contributed by atoms with Gasteiger partial charge in [-0.1, -0.05) is 30.8 Å². The Labute approximate surface area is 132 Å². The van der Waals surface area contributed by atoms with E-state index in [9.17, 15) is 0 Å². The molecule has 0 amide bonds. The second kappa shape index (κ2) is 8.54. The van der Waals surface area contributed by atoms with Crippen molar-refractivity contribution in [1.29, 1.82) is 0 Å². The summed E-state index contributed by atoms with van der Waals surface area (Å²) in [5.74, 6) is 0.688. The molecule has 3 saturated heterocycles. The maximum atomic E-state index is 3.88. The van der Waals surface area contributed by atoms with Crippen LogP contribution in [0.4, 0.5) is 0 Å². The Morgan fingerprint density at radius 3 is 2.40 bits per heavy atom. The summed E-state index contributed by atoms with van der Waals surface area (Å²) >= 11 is 0. The first-order chi connectivity index (χ1) is 9.82. The van der Waals surface area contributed by atoms with Gasteiger partial charge in [-0.3, -0.25) is 0 Å².